The van der Waals surface area contributed by atoms with Gasteiger partial charge in [0.25, 0.3) is 0 Å². The Kier molecular flexibility index (Phi) is 6.06. The van der Waals surface area contributed by atoms with Gasteiger partial charge in [0.15, 0.2) is 0 Å². The molecule has 5 heteroatoms. The van der Waals surface area contributed by atoms with E-state index in [0.29, 0.717) is 0 Å². The molecule has 2 saturated heterocycles. The first-order chi connectivity index (χ1) is 10.4. The molecule has 0 aromatic carbocycles. The SMILES string of the molecule is c1csc(CCNCCN2CCC(N3CCOCC3)C2)c1. The molecule has 118 valence electrons. The van der Waals surface area contributed by atoms with Gasteiger partial charge in [-0.25, -0.2) is 0 Å². The van der Waals surface area contributed by atoms with Gasteiger partial charge in [-0.05, 0) is 30.8 Å². The van der Waals surface area contributed by atoms with Gasteiger partial charge in [-0.2, -0.15) is 0 Å². The normalized spacial score (nSPS) is 24.7. The third-order valence-corrected chi connectivity index (χ3v) is 5.48. The predicted molar refractivity (Wildman–Crippen MR) is 88.1 cm³/mol. The molecule has 0 aliphatic carbocycles. The van der Waals surface area contributed by atoms with E-state index in [-0.39, 0.29) is 0 Å². The molecule has 0 radical (unpaired) electrons. The van der Waals surface area contributed by atoms with Crippen LogP contribution in [0.3, 0.4) is 0 Å². The van der Waals surface area contributed by atoms with Crippen molar-refractivity contribution in [2.75, 3.05) is 59.0 Å². The fraction of sp³-hybridized carbons (Fsp3) is 0.750. The van der Waals surface area contributed by atoms with Crippen LogP contribution in [-0.4, -0.2) is 74.9 Å². The summed E-state index contributed by atoms with van der Waals surface area (Å²) in [5.74, 6) is 0. The molecule has 0 saturated carbocycles. The lowest BCUT2D eigenvalue weighted by Crippen LogP contribution is -2.45. The van der Waals surface area contributed by atoms with E-state index in [9.17, 15) is 0 Å². The highest BCUT2D eigenvalue weighted by molar-refractivity contribution is 7.09. The first kappa shape index (κ1) is 15.4. The highest BCUT2D eigenvalue weighted by atomic mass is 32.1. The van der Waals surface area contributed by atoms with Gasteiger partial charge in [-0.1, -0.05) is 6.07 Å². The van der Waals surface area contributed by atoms with Crippen LogP contribution in [0.1, 0.15) is 11.3 Å². The van der Waals surface area contributed by atoms with E-state index < -0.39 is 0 Å². The minimum Gasteiger partial charge on any atom is -0.379 e. The summed E-state index contributed by atoms with van der Waals surface area (Å²) in [6.45, 7) is 9.98. The van der Waals surface area contributed by atoms with Crippen molar-refractivity contribution < 1.29 is 4.74 Å². The second-order valence-corrected chi connectivity index (χ2v) is 7.00. The average Bonchev–Trinajstić information content (AvgIpc) is 3.19. The Morgan fingerprint density at radius 3 is 2.95 bits per heavy atom. The zero-order valence-electron chi connectivity index (χ0n) is 12.8. The van der Waals surface area contributed by atoms with Gasteiger partial charge in [0.05, 0.1) is 13.2 Å². The van der Waals surface area contributed by atoms with Crippen LogP contribution >= 0.6 is 11.3 Å². The Morgan fingerprint density at radius 1 is 1.24 bits per heavy atom. The molecule has 4 nitrogen and oxygen atoms in total. The van der Waals surface area contributed by atoms with E-state index in [2.05, 4.69) is 32.6 Å². The maximum Gasteiger partial charge on any atom is 0.0594 e. The first-order valence-electron chi connectivity index (χ1n) is 8.19. The zero-order chi connectivity index (χ0) is 14.3. The van der Waals surface area contributed by atoms with Gasteiger partial charge in [-0.15, -0.1) is 11.3 Å². The van der Waals surface area contributed by atoms with Crippen molar-refractivity contribution in [3.8, 4) is 0 Å². The summed E-state index contributed by atoms with van der Waals surface area (Å²) in [4.78, 5) is 6.71. The number of rotatable bonds is 7. The Balaban J connectivity index is 1.26. The predicted octanol–water partition coefficient (Wildman–Crippen LogP) is 1.29. The average molecular weight is 309 g/mol. The van der Waals surface area contributed by atoms with Gasteiger partial charge in [0, 0.05) is 50.2 Å². The summed E-state index contributed by atoms with van der Waals surface area (Å²) in [5, 5.41) is 5.73. The molecule has 1 unspecified atom stereocenters. The molecule has 2 aliphatic rings. The number of morpholine rings is 1. The number of likely N-dealkylation sites (tertiary alicyclic amines) is 1. The number of thiophene rings is 1. The van der Waals surface area contributed by atoms with Crippen molar-refractivity contribution in [1.29, 1.82) is 0 Å². The van der Waals surface area contributed by atoms with Crippen molar-refractivity contribution in [2.24, 2.45) is 0 Å². The minimum atomic E-state index is 0.764. The van der Waals surface area contributed by atoms with E-state index >= 15 is 0 Å². The quantitative estimate of drug-likeness (QED) is 0.768. The number of nitrogens with zero attached hydrogens (tertiary/aromatic N) is 2. The van der Waals surface area contributed by atoms with Crippen molar-refractivity contribution in [3.05, 3.63) is 22.4 Å². The molecular formula is C16H27N3OS. The number of ether oxygens (including phenoxy) is 1. The summed E-state index contributed by atoms with van der Waals surface area (Å²) in [6.07, 6.45) is 2.49. The third-order valence-electron chi connectivity index (χ3n) is 4.54. The molecule has 21 heavy (non-hydrogen) atoms. The molecule has 0 amide bonds. The summed E-state index contributed by atoms with van der Waals surface area (Å²) < 4.78 is 5.44. The van der Waals surface area contributed by atoms with Crippen LogP contribution in [0.5, 0.6) is 0 Å². The van der Waals surface area contributed by atoms with Crippen LogP contribution < -0.4 is 5.32 Å². The van der Waals surface area contributed by atoms with Crippen LogP contribution in [0, 0.1) is 0 Å². The zero-order valence-corrected chi connectivity index (χ0v) is 13.6. The van der Waals surface area contributed by atoms with Crippen LogP contribution in [-0.2, 0) is 11.2 Å². The molecule has 0 spiro atoms. The maximum absolute atomic E-state index is 5.44. The summed E-state index contributed by atoms with van der Waals surface area (Å²) in [7, 11) is 0. The van der Waals surface area contributed by atoms with Gasteiger partial charge >= 0.3 is 0 Å². The first-order valence-corrected chi connectivity index (χ1v) is 9.07. The molecule has 1 atom stereocenters. The van der Waals surface area contributed by atoms with E-state index in [1.54, 1.807) is 0 Å². The minimum absolute atomic E-state index is 0.764. The number of nitrogens with one attached hydrogen (secondary N) is 1. The molecule has 0 bridgehead atoms. The molecule has 3 heterocycles. The molecule has 3 rings (SSSR count). The van der Waals surface area contributed by atoms with Crippen LogP contribution in [0.15, 0.2) is 17.5 Å². The van der Waals surface area contributed by atoms with Crippen molar-refractivity contribution >= 4 is 11.3 Å². The largest absolute Gasteiger partial charge is 0.379 e. The fourth-order valence-corrected chi connectivity index (χ4v) is 3.99. The molecule has 1 aromatic rings. The summed E-state index contributed by atoms with van der Waals surface area (Å²) in [5.41, 5.74) is 0. The maximum atomic E-state index is 5.44. The van der Waals surface area contributed by atoms with Gasteiger partial charge in [0.1, 0.15) is 0 Å². The Hall–Kier alpha value is -0.460. The van der Waals surface area contributed by atoms with Crippen molar-refractivity contribution in [2.45, 2.75) is 18.9 Å². The Morgan fingerprint density at radius 2 is 2.14 bits per heavy atom. The monoisotopic (exact) mass is 309 g/mol. The number of hydrogen-bond acceptors (Lipinski definition) is 5. The molecular weight excluding hydrogens is 282 g/mol. The highest BCUT2D eigenvalue weighted by Gasteiger charge is 2.28. The smallest absolute Gasteiger partial charge is 0.0594 e. The summed E-state index contributed by atoms with van der Waals surface area (Å²) in [6, 6.07) is 5.12. The molecule has 1 aromatic heterocycles. The van der Waals surface area contributed by atoms with Crippen molar-refractivity contribution in [3.63, 3.8) is 0 Å². The molecule has 2 fully saturated rings. The third kappa shape index (κ3) is 4.76. The molecule has 1 N–H and O–H groups in total. The number of hydrogen-bond donors (Lipinski definition) is 1. The van der Waals surface area contributed by atoms with E-state index in [0.717, 1.165) is 51.9 Å². The van der Waals surface area contributed by atoms with E-state index in [1.807, 2.05) is 11.3 Å². The van der Waals surface area contributed by atoms with Crippen LogP contribution in [0.25, 0.3) is 0 Å². The van der Waals surface area contributed by atoms with Gasteiger partial charge in [0.2, 0.25) is 0 Å². The van der Waals surface area contributed by atoms with Crippen LogP contribution in [0.4, 0.5) is 0 Å². The molecule has 2 aliphatic heterocycles. The lowest BCUT2D eigenvalue weighted by atomic mass is 10.2. The van der Waals surface area contributed by atoms with Gasteiger partial charge < -0.3 is 15.0 Å². The van der Waals surface area contributed by atoms with Crippen molar-refractivity contribution in [1.82, 2.24) is 15.1 Å². The van der Waals surface area contributed by atoms with E-state index in [4.69, 9.17) is 4.74 Å². The lowest BCUT2D eigenvalue weighted by molar-refractivity contribution is 0.0185. The topological polar surface area (TPSA) is 27.7 Å². The Bertz CT molecular complexity index is 392. The standard InChI is InChI=1S/C16H27N3OS/c1-2-16(21-13-1)3-5-17-6-8-18-7-4-15(14-18)19-9-11-20-12-10-19/h1-2,13,15,17H,3-12,14H2. The summed E-state index contributed by atoms with van der Waals surface area (Å²) >= 11 is 1.86. The second kappa shape index (κ2) is 8.25. The lowest BCUT2D eigenvalue weighted by Gasteiger charge is -2.32. The van der Waals surface area contributed by atoms with Crippen LogP contribution in [0.2, 0.25) is 0 Å². The highest BCUT2D eigenvalue weighted by Crippen LogP contribution is 2.16. The van der Waals surface area contributed by atoms with E-state index in [1.165, 1.54) is 30.9 Å². The second-order valence-electron chi connectivity index (χ2n) is 5.97. The Labute approximate surface area is 132 Å². The van der Waals surface area contributed by atoms with Gasteiger partial charge in [-0.3, -0.25) is 4.90 Å². The fourth-order valence-electron chi connectivity index (χ4n) is 3.28.